The molecule has 1 aliphatic carbocycles. The highest BCUT2D eigenvalue weighted by Crippen LogP contribution is 2.46. The lowest BCUT2D eigenvalue weighted by Gasteiger charge is -2.43. The van der Waals surface area contributed by atoms with Crippen molar-refractivity contribution in [2.45, 2.75) is 68.9 Å². The third-order valence-corrected chi connectivity index (χ3v) is 9.96. The number of hydrogen-bond donors (Lipinski definition) is 2. The SMILES string of the molecule is CC1C(c2cc(F)cc(F)c2F)CC2NC(=O)c3cnc4c(c3)C[C@@]3(C4)C(=O)Nc4ncc(cc43)/C=C/COCCCCCN1C2=O. The number of anilines is 1. The summed E-state index contributed by atoms with van der Waals surface area (Å²) in [6.07, 6.45) is 9.62. The van der Waals surface area contributed by atoms with Crippen LogP contribution in [0.4, 0.5) is 19.0 Å². The first kappa shape index (κ1) is 31.0. The molecule has 1 fully saturated rings. The molecule has 12 heteroatoms. The van der Waals surface area contributed by atoms with Crippen LogP contribution in [0.2, 0.25) is 0 Å². The van der Waals surface area contributed by atoms with Crippen LogP contribution in [0, 0.1) is 17.5 Å². The van der Waals surface area contributed by atoms with Crippen molar-refractivity contribution in [2.24, 2.45) is 0 Å². The van der Waals surface area contributed by atoms with Crippen molar-refractivity contribution in [3.8, 4) is 0 Å². The molecule has 3 aliphatic heterocycles. The summed E-state index contributed by atoms with van der Waals surface area (Å²) in [7, 11) is 0. The number of amides is 3. The first-order valence-electron chi connectivity index (χ1n) is 15.9. The molecule has 4 aliphatic rings. The Morgan fingerprint density at radius 3 is 2.70 bits per heavy atom. The molecule has 1 saturated heterocycles. The summed E-state index contributed by atoms with van der Waals surface area (Å²) in [6, 6.07) is 3.44. The monoisotopic (exact) mass is 645 g/mol. The summed E-state index contributed by atoms with van der Waals surface area (Å²) in [5, 5.41) is 5.70. The standard InChI is InChI=1S/C35H34F3N5O4/c1-19-24(25-12-23(36)13-27(37)30(25)38)14-28-33(45)43(19)7-3-2-4-8-47-9-5-6-20-10-26-31(40-17-20)42-34(46)35(26)15-21-11-22(32(44)41-28)18-39-29(21)16-35/h5-6,10-13,17-19,24,28H,2-4,7-9,14-16H2,1H3,(H,41,44)(H,40,42,46)/b6-5+/t19?,24?,28?,35-/m0/s1. The van der Waals surface area contributed by atoms with Crippen molar-refractivity contribution in [3.63, 3.8) is 0 Å². The maximum absolute atomic E-state index is 15.1. The van der Waals surface area contributed by atoms with E-state index in [0.29, 0.717) is 56.6 Å². The molecule has 5 heterocycles. The molecule has 1 aromatic carbocycles. The Kier molecular flexibility index (Phi) is 8.07. The number of nitrogens with zero attached hydrogens (tertiary/aromatic N) is 3. The minimum Gasteiger partial charge on any atom is -0.377 e. The van der Waals surface area contributed by atoms with E-state index in [2.05, 4.69) is 20.6 Å². The lowest BCUT2D eigenvalue weighted by atomic mass is 9.79. The lowest BCUT2D eigenvalue weighted by molar-refractivity contribution is -0.139. The number of ether oxygens (including phenoxy) is 1. The molecule has 3 unspecified atom stereocenters. The van der Waals surface area contributed by atoms with Gasteiger partial charge in [-0.2, -0.15) is 0 Å². The highest BCUT2D eigenvalue weighted by Gasteiger charge is 2.52. The van der Waals surface area contributed by atoms with Gasteiger partial charge < -0.3 is 20.3 Å². The molecule has 7 rings (SSSR count). The number of carbonyl (C=O) groups excluding carboxylic acids is 3. The largest absolute Gasteiger partial charge is 0.377 e. The van der Waals surface area contributed by atoms with Crippen LogP contribution >= 0.6 is 0 Å². The number of nitrogens with one attached hydrogen (secondary N) is 2. The number of fused-ring (bicyclic) bond motifs is 4. The number of halogens is 3. The fraction of sp³-hybridized carbons (Fsp3) is 0.400. The third kappa shape index (κ3) is 5.58. The second-order valence-corrected chi connectivity index (χ2v) is 12.9. The second-order valence-electron chi connectivity index (χ2n) is 12.9. The summed E-state index contributed by atoms with van der Waals surface area (Å²) < 4.78 is 49.4. The molecule has 244 valence electrons. The van der Waals surface area contributed by atoms with Crippen LogP contribution in [0.1, 0.15) is 76.8 Å². The summed E-state index contributed by atoms with van der Waals surface area (Å²) in [4.78, 5) is 51.4. The molecule has 1 spiro atoms. The second kappa shape index (κ2) is 12.2. The lowest BCUT2D eigenvalue weighted by Crippen LogP contribution is -2.58. The van der Waals surface area contributed by atoms with E-state index in [1.54, 1.807) is 24.1 Å². The number of hydrogen-bond acceptors (Lipinski definition) is 6. The summed E-state index contributed by atoms with van der Waals surface area (Å²) in [6.45, 7) is 2.94. The number of aromatic nitrogens is 2. The average molecular weight is 646 g/mol. The number of benzene rings is 1. The Morgan fingerprint density at radius 2 is 1.85 bits per heavy atom. The Hall–Kier alpha value is -4.58. The normalized spacial score (nSPS) is 26.8. The van der Waals surface area contributed by atoms with E-state index in [4.69, 9.17) is 4.74 Å². The van der Waals surface area contributed by atoms with Gasteiger partial charge in [0.15, 0.2) is 11.6 Å². The van der Waals surface area contributed by atoms with Crippen molar-refractivity contribution in [1.82, 2.24) is 20.2 Å². The highest BCUT2D eigenvalue weighted by atomic mass is 19.2. The minimum atomic E-state index is -1.31. The molecule has 3 aromatic rings. The predicted molar refractivity (Wildman–Crippen MR) is 166 cm³/mol. The Bertz CT molecular complexity index is 1820. The van der Waals surface area contributed by atoms with E-state index < -0.39 is 46.8 Å². The summed E-state index contributed by atoms with van der Waals surface area (Å²) >= 11 is 0. The van der Waals surface area contributed by atoms with Crippen LogP contribution in [-0.2, 0) is 32.6 Å². The highest BCUT2D eigenvalue weighted by molar-refractivity contribution is 6.06. The van der Waals surface area contributed by atoms with Crippen LogP contribution in [0.25, 0.3) is 6.08 Å². The van der Waals surface area contributed by atoms with Gasteiger partial charge in [-0.15, -0.1) is 0 Å². The smallest absolute Gasteiger partial charge is 0.253 e. The molecule has 2 N–H and O–H groups in total. The van der Waals surface area contributed by atoms with Crippen molar-refractivity contribution in [1.29, 1.82) is 0 Å². The topological polar surface area (TPSA) is 114 Å². The predicted octanol–water partition coefficient (Wildman–Crippen LogP) is 4.60. The molecule has 7 bridgehead atoms. The van der Waals surface area contributed by atoms with Gasteiger partial charge in [-0.1, -0.05) is 12.2 Å². The van der Waals surface area contributed by atoms with Gasteiger partial charge in [0.1, 0.15) is 17.7 Å². The van der Waals surface area contributed by atoms with Gasteiger partial charge in [0.2, 0.25) is 11.8 Å². The molecule has 0 radical (unpaired) electrons. The van der Waals surface area contributed by atoms with E-state index in [-0.39, 0.29) is 29.4 Å². The molecular formula is C35H34F3N5O4. The van der Waals surface area contributed by atoms with Crippen molar-refractivity contribution in [3.05, 3.63) is 93.7 Å². The molecule has 3 amide bonds. The van der Waals surface area contributed by atoms with Crippen LogP contribution < -0.4 is 10.6 Å². The maximum Gasteiger partial charge on any atom is 0.253 e. The van der Waals surface area contributed by atoms with Crippen molar-refractivity contribution in [2.75, 3.05) is 25.1 Å². The Labute approximate surface area is 269 Å². The number of pyridine rings is 2. The quantitative estimate of drug-likeness (QED) is 0.374. The van der Waals surface area contributed by atoms with Gasteiger partial charge in [0.05, 0.1) is 17.6 Å². The molecular weight excluding hydrogens is 611 g/mol. The molecule has 0 saturated carbocycles. The van der Waals surface area contributed by atoms with E-state index in [1.165, 1.54) is 6.20 Å². The third-order valence-electron chi connectivity index (χ3n) is 9.96. The zero-order valence-corrected chi connectivity index (χ0v) is 25.8. The molecule has 47 heavy (non-hydrogen) atoms. The van der Waals surface area contributed by atoms with E-state index >= 15 is 4.39 Å². The summed E-state index contributed by atoms with van der Waals surface area (Å²) in [5.41, 5.74) is 2.14. The Balaban J connectivity index is 1.22. The first-order valence-corrected chi connectivity index (χ1v) is 15.9. The van der Waals surface area contributed by atoms with Gasteiger partial charge in [-0.3, -0.25) is 19.4 Å². The molecule has 2 aromatic heterocycles. The van der Waals surface area contributed by atoms with Crippen LogP contribution in [-0.4, -0.2) is 64.4 Å². The van der Waals surface area contributed by atoms with Crippen molar-refractivity contribution >= 4 is 29.6 Å². The number of rotatable bonds is 1. The zero-order chi connectivity index (χ0) is 32.9. The molecule has 4 atom stereocenters. The van der Waals surface area contributed by atoms with Gasteiger partial charge in [-0.05, 0) is 73.9 Å². The van der Waals surface area contributed by atoms with Gasteiger partial charge in [0.25, 0.3) is 5.91 Å². The minimum absolute atomic E-state index is 0.0445. The van der Waals surface area contributed by atoms with Gasteiger partial charge >= 0.3 is 0 Å². The van der Waals surface area contributed by atoms with Gasteiger partial charge in [0, 0.05) is 61.2 Å². The average Bonchev–Trinajstić information content (AvgIpc) is 3.56. The van der Waals surface area contributed by atoms with Crippen LogP contribution in [0.15, 0.2) is 42.7 Å². The summed E-state index contributed by atoms with van der Waals surface area (Å²) in [5.74, 6) is -4.77. The van der Waals surface area contributed by atoms with E-state index in [0.717, 1.165) is 35.6 Å². The zero-order valence-electron chi connectivity index (χ0n) is 25.8. The van der Waals surface area contributed by atoms with Crippen LogP contribution in [0.3, 0.4) is 0 Å². The number of piperidine rings is 1. The maximum atomic E-state index is 15.1. The van der Waals surface area contributed by atoms with E-state index in [9.17, 15) is 23.2 Å². The Morgan fingerprint density at radius 1 is 1.00 bits per heavy atom. The van der Waals surface area contributed by atoms with Crippen LogP contribution in [0.5, 0.6) is 0 Å². The molecule has 9 nitrogen and oxygen atoms in total. The number of carbonyl (C=O) groups is 3. The fourth-order valence-electron chi connectivity index (χ4n) is 7.46. The fourth-order valence-corrected chi connectivity index (χ4v) is 7.46. The van der Waals surface area contributed by atoms with E-state index in [1.807, 2.05) is 18.2 Å². The van der Waals surface area contributed by atoms with Crippen molar-refractivity contribution < 1.29 is 32.3 Å². The first-order chi connectivity index (χ1) is 22.6. The van der Waals surface area contributed by atoms with Gasteiger partial charge in [-0.25, -0.2) is 18.2 Å².